The molecular weight excluding hydrogens is 202 g/mol. The Labute approximate surface area is 95.1 Å². The maximum absolute atomic E-state index is 8.60. The van der Waals surface area contributed by atoms with Gasteiger partial charge < -0.3 is 10.6 Å². The van der Waals surface area contributed by atoms with E-state index in [9.17, 15) is 0 Å². The van der Waals surface area contributed by atoms with E-state index in [0.29, 0.717) is 12.2 Å². The molecule has 1 aromatic heterocycles. The molecule has 0 spiro atoms. The van der Waals surface area contributed by atoms with Gasteiger partial charge >= 0.3 is 0 Å². The van der Waals surface area contributed by atoms with Crippen molar-refractivity contribution >= 4 is 11.5 Å². The fourth-order valence-corrected chi connectivity index (χ4v) is 1.82. The van der Waals surface area contributed by atoms with E-state index in [4.69, 9.17) is 11.0 Å². The van der Waals surface area contributed by atoms with Crippen molar-refractivity contribution in [2.24, 2.45) is 0 Å². The van der Waals surface area contributed by atoms with Gasteiger partial charge in [-0.25, -0.2) is 4.98 Å². The van der Waals surface area contributed by atoms with Crippen LogP contribution in [0.25, 0.3) is 0 Å². The van der Waals surface area contributed by atoms with Gasteiger partial charge in [0.25, 0.3) is 0 Å². The van der Waals surface area contributed by atoms with Crippen LogP contribution >= 0.6 is 0 Å². The fourth-order valence-electron chi connectivity index (χ4n) is 1.82. The minimum atomic E-state index is 0.517. The number of aromatic nitrogens is 1. The number of nitriles is 1. The second kappa shape index (κ2) is 4.81. The van der Waals surface area contributed by atoms with Gasteiger partial charge in [-0.05, 0) is 12.1 Å². The Kier molecular flexibility index (Phi) is 3.22. The first-order chi connectivity index (χ1) is 7.79. The van der Waals surface area contributed by atoms with Crippen LogP contribution in [0.3, 0.4) is 0 Å². The minimum absolute atomic E-state index is 0.517. The molecule has 0 unspecified atom stereocenters. The van der Waals surface area contributed by atoms with Crippen molar-refractivity contribution in [3.63, 3.8) is 0 Å². The van der Waals surface area contributed by atoms with Crippen molar-refractivity contribution in [1.82, 2.24) is 9.88 Å². The molecule has 2 rings (SSSR count). The van der Waals surface area contributed by atoms with Gasteiger partial charge in [0.15, 0.2) is 0 Å². The van der Waals surface area contributed by atoms with Gasteiger partial charge in [0.05, 0.1) is 24.5 Å². The van der Waals surface area contributed by atoms with Crippen LogP contribution in [-0.2, 0) is 0 Å². The highest BCUT2D eigenvalue weighted by atomic mass is 15.3. The van der Waals surface area contributed by atoms with Crippen LogP contribution in [-0.4, -0.2) is 42.6 Å². The summed E-state index contributed by atoms with van der Waals surface area (Å²) in [6, 6.07) is 5.98. The highest BCUT2D eigenvalue weighted by Crippen LogP contribution is 2.14. The van der Waals surface area contributed by atoms with Crippen molar-refractivity contribution in [2.45, 2.75) is 0 Å². The molecule has 5 heteroatoms. The van der Waals surface area contributed by atoms with Crippen molar-refractivity contribution < 1.29 is 0 Å². The molecule has 2 heterocycles. The standard InChI is InChI=1S/C11H15N5/c12-3-4-15-5-7-16(8-6-15)11-2-1-10(13)9-14-11/h1-2,9H,4-8,13H2. The number of anilines is 2. The first kappa shape index (κ1) is 10.7. The van der Waals surface area contributed by atoms with Gasteiger partial charge in [-0.1, -0.05) is 0 Å². The van der Waals surface area contributed by atoms with Gasteiger partial charge in [0.1, 0.15) is 5.82 Å². The first-order valence-electron chi connectivity index (χ1n) is 5.35. The third-order valence-corrected chi connectivity index (χ3v) is 2.76. The topological polar surface area (TPSA) is 69.2 Å². The van der Waals surface area contributed by atoms with E-state index in [1.807, 2.05) is 12.1 Å². The number of pyridine rings is 1. The Hall–Kier alpha value is -1.80. The smallest absolute Gasteiger partial charge is 0.128 e. The molecule has 16 heavy (non-hydrogen) atoms. The van der Waals surface area contributed by atoms with Crippen LogP contribution < -0.4 is 10.6 Å². The van der Waals surface area contributed by atoms with Crippen LogP contribution in [0.15, 0.2) is 18.3 Å². The van der Waals surface area contributed by atoms with Crippen LogP contribution in [0.4, 0.5) is 11.5 Å². The van der Waals surface area contributed by atoms with Crippen LogP contribution in [0.2, 0.25) is 0 Å². The Balaban J connectivity index is 1.94. The predicted octanol–water partition coefficient (Wildman–Crippen LogP) is 0.309. The maximum Gasteiger partial charge on any atom is 0.128 e. The second-order valence-corrected chi connectivity index (χ2v) is 3.87. The molecule has 1 fully saturated rings. The van der Waals surface area contributed by atoms with Crippen molar-refractivity contribution in [3.8, 4) is 6.07 Å². The average molecular weight is 217 g/mol. The number of nitrogen functional groups attached to an aromatic ring is 1. The Bertz CT molecular complexity index is 372. The highest BCUT2D eigenvalue weighted by molar-refractivity contribution is 5.46. The van der Waals surface area contributed by atoms with Gasteiger partial charge in [0, 0.05) is 26.2 Å². The summed E-state index contributed by atoms with van der Waals surface area (Å²) in [6.45, 7) is 4.18. The summed E-state index contributed by atoms with van der Waals surface area (Å²) < 4.78 is 0. The summed E-state index contributed by atoms with van der Waals surface area (Å²) in [7, 11) is 0. The Morgan fingerprint density at radius 2 is 2.06 bits per heavy atom. The van der Waals surface area contributed by atoms with Crippen molar-refractivity contribution in [1.29, 1.82) is 5.26 Å². The summed E-state index contributed by atoms with van der Waals surface area (Å²) in [5.74, 6) is 0.964. The molecule has 0 aromatic carbocycles. The molecule has 0 bridgehead atoms. The lowest BCUT2D eigenvalue weighted by Crippen LogP contribution is -2.46. The number of hydrogen-bond donors (Lipinski definition) is 1. The van der Waals surface area contributed by atoms with Crippen molar-refractivity contribution in [2.75, 3.05) is 43.4 Å². The van der Waals surface area contributed by atoms with Gasteiger partial charge in [-0.15, -0.1) is 0 Å². The number of nitrogens with two attached hydrogens (primary N) is 1. The summed E-state index contributed by atoms with van der Waals surface area (Å²) in [4.78, 5) is 8.65. The third kappa shape index (κ3) is 2.41. The summed E-state index contributed by atoms with van der Waals surface area (Å²) in [5.41, 5.74) is 6.28. The van der Waals surface area contributed by atoms with Crippen LogP contribution in [0.1, 0.15) is 0 Å². The summed E-state index contributed by atoms with van der Waals surface area (Å²) in [5, 5.41) is 8.60. The van der Waals surface area contributed by atoms with Gasteiger partial charge in [0.2, 0.25) is 0 Å². The molecule has 0 radical (unpaired) electrons. The maximum atomic E-state index is 8.60. The molecule has 5 nitrogen and oxygen atoms in total. The zero-order valence-corrected chi connectivity index (χ0v) is 9.13. The van der Waals surface area contributed by atoms with E-state index >= 15 is 0 Å². The zero-order chi connectivity index (χ0) is 11.4. The molecule has 1 saturated heterocycles. The van der Waals surface area contributed by atoms with E-state index in [1.165, 1.54) is 0 Å². The highest BCUT2D eigenvalue weighted by Gasteiger charge is 2.17. The molecule has 0 atom stereocenters. The molecule has 0 aliphatic carbocycles. The summed E-state index contributed by atoms with van der Waals surface area (Å²) >= 11 is 0. The van der Waals surface area contributed by atoms with E-state index in [-0.39, 0.29) is 0 Å². The Morgan fingerprint density at radius 3 is 2.62 bits per heavy atom. The summed E-state index contributed by atoms with van der Waals surface area (Å²) in [6.07, 6.45) is 1.68. The van der Waals surface area contributed by atoms with E-state index in [2.05, 4.69) is 20.9 Å². The van der Waals surface area contributed by atoms with Gasteiger partial charge in [-0.3, -0.25) is 4.90 Å². The number of rotatable bonds is 2. The van der Waals surface area contributed by atoms with Crippen LogP contribution in [0, 0.1) is 11.3 Å². The molecular formula is C11H15N5. The third-order valence-electron chi connectivity index (χ3n) is 2.76. The van der Waals surface area contributed by atoms with Crippen LogP contribution in [0.5, 0.6) is 0 Å². The number of piperazine rings is 1. The van der Waals surface area contributed by atoms with E-state index < -0.39 is 0 Å². The Morgan fingerprint density at radius 1 is 1.31 bits per heavy atom. The molecule has 1 aliphatic heterocycles. The molecule has 1 aliphatic rings. The molecule has 0 saturated carbocycles. The molecule has 84 valence electrons. The number of nitrogens with zero attached hydrogens (tertiary/aromatic N) is 4. The van der Waals surface area contributed by atoms with Gasteiger partial charge in [-0.2, -0.15) is 5.26 Å². The van der Waals surface area contributed by atoms with E-state index in [1.54, 1.807) is 6.20 Å². The first-order valence-corrected chi connectivity index (χ1v) is 5.35. The van der Waals surface area contributed by atoms with Crippen molar-refractivity contribution in [3.05, 3.63) is 18.3 Å². The number of hydrogen-bond acceptors (Lipinski definition) is 5. The fraction of sp³-hybridized carbons (Fsp3) is 0.455. The second-order valence-electron chi connectivity index (χ2n) is 3.87. The average Bonchev–Trinajstić information content (AvgIpc) is 2.32. The monoisotopic (exact) mass is 217 g/mol. The molecule has 2 N–H and O–H groups in total. The zero-order valence-electron chi connectivity index (χ0n) is 9.13. The van der Waals surface area contributed by atoms with E-state index in [0.717, 1.165) is 32.0 Å². The quantitative estimate of drug-likeness (QED) is 0.722. The minimum Gasteiger partial charge on any atom is -0.397 e. The largest absolute Gasteiger partial charge is 0.397 e. The lowest BCUT2D eigenvalue weighted by molar-refractivity contribution is 0.286. The SMILES string of the molecule is N#CCN1CCN(c2ccc(N)cn2)CC1. The lowest BCUT2D eigenvalue weighted by atomic mass is 10.3. The normalized spacial score (nSPS) is 17.1. The lowest BCUT2D eigenvalue weighted by Gasteiger charge is -2.34. The molecule has 1 aromatic rings. The predicted molar refractivity (Wildman–Crippen MR) is 62.9 cm³/mol. The molecule has 0 amide bonds.